The summed E-state index contributed by atoms with van der Waals surface area (Å²) in [6.45, 7) is 1.66. The van der Waals surface area contributed by atoms with Gasteiger partial charge in [-0.05, 0) is 42.9 Å². The van der Waals surface area contributed by atoms with Crippen molar-refractivity contribution in [3.8, 4) is 11.5 Å². The van der Waals surface area contributed by atoms with Gasteiger partial charge in [0.2, 0.25) is 0 Å². The molecule has 2 aromatic carbocycles. The third-order valence-electron chi connectivity index (χ3n) is 3.02. The number of benzene rings is 2. The molecule has 0 bridgehead atoms. The van der Waals surface area contributed by atoms with Gasteiger partial charge in [0, 0.05) is 0 Å². The molecule has 3 nitrogen and oxygen atoms in total. The third-order valence-corrected chi connectivity index (χ3v) is 3.12. The standard InChI is InChI=1S/C15H11F5N2OS/c1-7-3-2-4-11(12(7)22-14(21)24)23-13-9(16)5-8(6-10(13)17)15(18,19)20/h2-6H,1H3,(H3,21,22,24). The topological polar surface area (TPSA) is 47.3 Å². The first kappa shape index (κ1) is 17.9. The van der Waals surface area contributed by atoms with Crippen molar-refractivity contribution in [2.45, 2.75) is 13.1 Å². The Hall–Kier alpha value is -2.42. The molecule has 24 heavy (non-hydrogen) atoms. The van der Waals surface area contributed by atoms with Crippen molar-refractivity contribution in [2.75, 3.05) is 5.32 Å². The van der Waals surface area contributed by atoms with Crippen molar-refractivity contribution in [3.05, 3.63) is 53.1 Å². The molecule has 2 aromatic rings. The molecule has 0 radical (unpaired) electrons. The molecule has 0 heterocycles. The number of thiocarbonyl (C=S) groups is 1. The number of nitrogens with one attached hydrogen (secondary N) is 1. The zero-order chi connectivity index (χ0) is 18.1. The molecule has 0 fully saturated rings. The van der Waals surface area contributed by atoms with Gasteiger partial charge in [-0.3, -0.25) is 0 Å². The molecular weight excluding hydrogens is 351 g/mol. The smallest absolute Gasteiger partial charge is 0.416 e. The molecule has 3 N–H and O–H groups in total. The van der Waals surface area contributed by atoms with Crippen LogP contribution in [0.5, 0.6) is 11.5 Å². The minimum Gasteiger partial charge on any atom is -0.449 e. The zero-order valence-electron chi connectivity index (χ0n) is 12.2. The Morgan fingerprint density at radius 2 is 1.75 bits per heavy atom. The molecule has 0 amide bonds. The maximum absolute atomic E-state index is 13.9. The van der Waals surface area contributed by atoms with E-state index in [9.17, 15) is 22.0 Å². The van der Waals surface area contributed by atoms with Crippen LogP contribution in [0, 0.1) is 18.6 Å². The first-order valence-electron chi connectivity index (χ1n) is 6.49. The molecule has 2 rings (SSSR count). The molecule has 0 spiro atoms. The number of hydrogen-bond acceptors (Lipinski definition) is 2. The second-order valence-electron chi connectivity index (χ2n) is 4.81. The number of nitrogens with two attached hydrogens (primary N) is 1. The summed E-state index contributed by atoms with van der Waals surface area (Å²) >= 11 is 4.71. The second-order valence-corrected chi connectivity index (χ2v) is 5.25. The molecule has 0 aliphatic heterocycles. The fraction of sp³-hybridized carbons (Fsp3) is 0.133. The van der Waals surface area contributed by atoms with Crippen molar-refractivity contribution in [1.82, 2.24) is 0 Å². The molecular formula is C15H11F5N2OS. The van der Waals surface area contributed by atoms with E-state index in [0.29, 0.717) is 5.56 Å². The number of alkyl halides is 3. The summed E-state index contributed by atoms with van der Waals surface area (Å²) in [5.41, 5.74) is 4.78. The highest BCUT2D eigenvalue weighted by atomic mass is 32.1. The molecule has 0 atom stereocenters. The van der Waals surface area contributed by atoms with Crippen LogP contribution in [0.1, 0.15) is 11.1 Å². The third kappa shape index (κ3) is 3.91. The van der Waals surface area contributed by atoms with Crippen molar-refractivity contribution < 1.29 is 26.7 Å². The van der Waals surface area contributed by atoms with Crippen LogP contribution in [0.3, 0.4) is 0 Å². The van der Waals surface area contributed by atoms with Crippen LogP contribution in [0.2, 0.25) is 0 Å². The number of aryl methyl sites for hydroxylation is 1. The summed E-state index contributed by atoms with van der Waals surface area (Å²) in [5.74, 6) is -3.96. The van der Waals surface area contributed by atoms with Crippen LogP contribution >= 0.6 is 12.2 Å². The summed E-state index contributed by atoms with van der Waals surface area (Å²) in [4.78, 5) is 0. The summed E-state index contributed by atoms with van der Waals surface area (Å²) in [7, 11) is 0. The van der Waals surface area contributed by atoms with Gasteiger partial charge in [0.15, 0.2) is 28.2 Å². The van der Waals surface area contributed by atoms with E-state index >= 15 is 0 Å². The fourth-order valence-electron chi connectivity index (χ4n) is 1.94. The second kappa shape index (κ2) is 6.60. The maximum Gasteiger partial charge on any atom is 0.416 e. The normalized spacial score (nSPS) is 11.2. The van der Waals surface area contributed by atoms with E-state index in [1.165, 1.54) is 12.1 Å². The molecule has 0 aliphatic rings. The van der Waals surface area contributed by atoms with E-state index in [1.54, 1.807) is 13.0 Å². The average molecular weight is 362 g/mol. The van der Waals surface area contributed by atoms with E-state index in [0.717, 1.165) is 0 Å². The van der Waals surface area contributed by atoms with Gasteiger partial charge in [-0.1, -0.05) is 12.1 Å². The van der Waals surface area contributed by atoms with Crippen LogP contribution in [0.15, 0.2) is 30.3 Å². The average Bonchev–Trinajstić information content (AvgIpc) is 2.44. The predicted octanol–water partition coefficient (Wildman–Crippen LogP) is 4.74. The minimum atomic E-state index is -4.87. The summed E-state index contributed by atoms with van der Waals surface area (Å²) in [6, 6.07) is 4.89. The molecule has 0 aromatic heterocycles. The van der Waals surface area contributed by atoms with Crippen LogP contribution < -0.4 is 15.8 Å². The zero-order valence-corrected chi connectivity index (χ0v) is 13.0. The lowest BCUT2D eigenvalue weighted by molar-refractivity contribution is -0.138. The van der Waals surface area contributed by atoms with Gasteiger partial charge in [0.05, 0.1) is 11.3 Å². The van der Waals surface area contributed by atoms with Gasteiger partial charge in [0.1, 0.15) is 0 Å². The van der Waals surface area contributed by atoms with E-state index in [1.807, 2.05) is 0 Å². The molecule has 0 saturated heterocycles. The van der Waals surface area contributed by atoms with Gasteiger partial charge in [-0.15, -0.1) is 0 Å². The Kier molecular flexibility index (Phi) is 4.93. The van der Waals surface area contributed by atoms with Crippen molar-refractivity contribution >= 4 is 23.0 Å². The Labute approximate surface area is 139 Å². The summed E-state index contributed by atoms with van der Waals surface area (Å²) in [5, 5.41) is 2.49. The van der Waals surface area contributed by atoms with Gasteiger partial charge in [-0.2, -0.15) is 13.2 Å². The number of anilines is 1. The van der Waals surface area contributed by atoms with Crippen LogP contribution in [0.4, 0.5) is 27.6 Å². The van der Waals surface area contributed by atoms with Gasteiger partial charge in [-0.25, -0.2) is 8.78 Å². The quantitative estimate of drug-likeness (QED) is 0.612. The van der Waals surface area contributed by atoms with E-state index in [2.05, 4.69) is 5.32 Å². The lowest BCUT2D eigenvalue weighted by Gasteiger charge is -2.16. The van der Waals surface area contributed by atoms with Gasteiger partial charge >= 0.3 is 6.18 Å². The van der Waals surface area contributed by atoms with Crippen LogP contribution in [-0.4, -0.2) is 5.11 Å². The predicted molar refractivity (Wildman–Crippen MR) is 83.0 cm³/mol. The number of para-hydroxylation sites is 1. The Morgan fingerprint density at radius 3 is 2.25 bits per heavy atom. The van der Waals surface area contributed by atoms with Crippen LogP contribution in [-0.2, 0) is 6.18 Å². The number of halogens is 5. The van der Waals surface area contributed by atoms with Crippen molar-refractivity contribution in [1.29, 1.82) is 0 Å². The first-order chi connectivity index (χ1) is 11.1. The maximum atomic E-state index is 13.9. The lowest BCUT2D eigenvalue weighted by Crippen LogP contribution is -2.20. The van der Waals surface area contributed by atoms with Crippen molar-refractivity contribution in [2.24, 2.45) is 5.73 Å². The SMILES string of the molecule is Cc1cccc(Oc2c(F)cc(C(F)(F)F)cc2F)c1NC(N)=S. The monoisotopic (exact) mass is 362 g/mol. The van der Waals surface area contributed by atoms with E-state index in [4.69, 9.17) is 22.7 Å². The highest BCUT2D eigenvalue weighted by Gasteiger charge is 2.33. The molecule has 9 heteroatoms. The van der Waals surface area contributed by atoms with E-state index in [-0.39, 0.29) is 28.7 Å². The van der Waals surface area contributed by atoms with E-state index < -0.39 is 29.1 Å². The largest absolute Gasteiger partial charge is 0.449 e. The molecule has 0 unspecified atom stereocenters. The fourth-order valence-corrected chi connectivity index (χ4v) is 2.04. The number of rotatable bonds is 3. The number of ether oxygens (including phenoxy) is 1. The highest BCUT2D eigenvalue weighted by molar-refractivity contribution is 7.80. The summed E-state index contributed by atoms with van der Waals surface area (Å²) < 4.78 is 70.6. The Morgan fingerprint density at radius 1 is 1.17 bits per heavy atom. The Bertz CT molecular complexity index is 769. The number of hydrogen-bond donors (Lipinski definition) is 2. The molecule has 0 saturated carbocycles. The van der Waals surface area contributed by atoms with Gasteiger partial charge in [0.25, 0.3) is 0 Å². The highest BCUT2D eigenvalue weighted by Crippen LogP contribution is 2.38. The summed E-state index contributed by atoms with van der Waals surface area (Å²) in [6.07, 6.45) is -4.87. The van der Waals surface area contributed by atoms with Gasteiger partial charge < -0.3 is 15.8 Å². The molecule has 0 aliphatic carbocycles. The minimum absolute atomic E-state index is 0.0413. The molecule has 128 valence electrons. The van der Waals surface area contributed by atoms with Crippen molar-refractivity contribution in [3.63, 3.8) is 0 Å². The lowest BCUT2D eigenvalue weighted by atomic mass is 10.1. The van der Waals surface area contributed by atoms with Crippen LogP contribution in [0.25, 0.3) is 0 Å². The first-order valence-corrected chi connectivity index (χ1v) is 6.90. The Balaban J connectivity index is 2.46.